The molecule has 0 saturated heterocycles. The summed E-state index contributed by atoms with van der Waals surface area (Å²) in [6.45, 7) is 1.45. The lowest BCUT2D eigenvalue weighted by Gasteiger charge is -2.11. The first-order chi connectivity index (χ1) is 9.95. The molecule has 1 N–H and O–H groups in total. The zero-order chi connectivity index (χ0) is 15.4. The Bertz CT molecular complexity index is 646. The highest BCUT2D eigenvalue weighted by molar-refractivity contribution is 6.35. The molecule has 1 atom stereocenters. The summed E-state index contributed by atoms with van der Waals surface area (Å²) in [5.74, 6) is 0.107. The molecule has 5 nitrogen and oxygen atoms in total. The van der Waals surface area contributed by atoms with E-state index in [1.807, 2.05) is 0 Å². The zero-order valence-electron chi connectivity index (χ0n) is 10.9. The monoisotopic (exact) mass is 327 g/mol. The molecule has 2 rings (SSSR count). The normalized spacial score (nSPS) is 11.8. The van der Waals surface area contributed by atoms with Crippen molar-refractivity contribution in [3.8, 4) is 17.4 Å². The Hall–Kier alpha value is -1.98. The summed E-state index contributed by atoms with van der Waals surface area (Å²) in [7, 11) is 0. The zero-order valence-corrected chi connectivity index (χ0v) is 12.4. The van der Waals surface area contributed by atoms with Crippen LogP contribution in [0.1, 0.15) is 6.92 Å². The molecule has 0 amide bonds. The van der Waals surface area contributed by atoms with E-state index >= 15 is 0 Å². The maximum Gasteiger partial charge on any atom is 0.344 e. The van der Waals surface area contributed by atoms with Crippen molar-refractivity contribution in [2.45, 2.75) is 13.0 Å². The fourth-order valence-corrected chi connectivity index (χ4v) is 1.85. The number of ether oxygens (including phenoxy) is 2. The number of hydrogen-bond acceptors (Lipinski definition) is 4. The molecule has 2 aromatic rings. The maximum atomic E-state index is 10.7. The first-order valence-electron chi connectivity index (χ1n) is 5.94. The van der Waals surface area contributed by atoms with Gasteiger partial charge in [-0.3, -0.25) is 0 Å². The van der Waals surface area contributed by atoms with Crippen molar-refractivity contribution in [1.82, 2.24) is 4.98 Å². The number of carbonyl (C=O) groups is 1. The number of benzene rings is 1. The van der Waals surface area contributed by atoms with Gasteiger partial charge in [0.05, 0.1) is 5.02 Å². The van der Waals surface area contributed by atoms with Crippen molar-refractivity contribution in [2.75, 3.05) is 0 Å². The van der Waals surface area contributed by atoms with E-state index < -0.39 is 12.1 Å². The van der Waals surface area contributed by atoms with E-state index in [4.69, 9.17) is 37.8 Å². The summed E-state index contributed by atoms with van der Waals surface area (Å²) >= 11 is 11.7. The number of pyridine rings is 1. The van der Waals surface area contributed by atoms with Crippen molar-refractivity contribution in [3.63, 3.8) is 0 Å². The highest BCUT2D eigenvalue weighted by Gasteiger charge is 2.12. The van der Waals surface area contributed by atoms with Crippen LogP contribution in [0.2, 0.25) is 10.0 Å². The van der Waals surface area contributed by atoms with Gasteiger partial charge in [0.1, 0.15) is 16.5 Å². The van der Waals surface area contributed by atoms with Crippen LogP contribution >= 0.6 is 23.2 Å². The molecule has 0 aliphatic heterocycles. The van der Waals surface area contributed by atoms with Gasteiger partial charge in [0, 0.05) is 6.20 Å². The number of rotatable bonds is 5. The average molecular weight is 328 g/mol. The van der Waals surface area contributed by atoms with Crippen molar-refractivity contribution >= 4 is 29.2 Å². The summed E-state index contributed by atoms with van der Waals surface area (Å²) in [6, 6.07) is 7.96. The predicted octanol–water partition coefficient (Wildman–Crippen LogP) is 4.03. The second-order valence-electron chi connectivity index (χ2n) is 4.11. The molecule has 110 valence electrons. The molecular weight excluding hydrogens is 317 g/mol. The highest BCUT2D eigenvalue weighted by Crippen LogP contribution is 2.29. The Labute approximate surface area is 131 Å². The van der Waals surface area contributed by atoms with Crippen LogP contribution in [-0.4, -0.2) is 22.2 Å². The molecule has 0 aliphatic rings. The van der Waals surface area contributed by atoms with E-state index in [0.29, 0.717) is 21.5 Å². The van der Waals surface area contributed by atoms with Gasteiger partial charge in [-0.25, -0.2) is 9.78 Å². The van der Waals surface area contributed by atoms with Gasteiger partial charge >= 0.3 is 5.97 Å². The van der Waals surface area contributed by atoms with Gasteiger partial charge in [0.2, 0.25) is 5.88 Å². The molecule has 0 unspecified atom stereocenters. The number of hydrogen-bond donors (Lipinski definition) is 1. The van der Waals surface area contributed by atoms with Crippen LogP contribution in [0, 0.1) is 0 Å². The third-order valence-electron chi connectivity index (χ3n) is 2.47. The first kappa shape index (κ1) is 15.4. The van der Waals surface area contributed by atoms with E-state index in [1.165, 1.54) is 19.2 Å². The molecule has 0 fully saturated rings. The minimum Gasteiger partial charge on any atom is -0.479 e. The van der Waals surface area contributed by atoms with Gasteiger partial charge in [-0.15, -0.1) is 0 Å². The third kappa shape index (κ3) is 4.24. The van der Waals surface area contributed by atoms with Gasteiger partial charge in [0.15, 0.2) is 6.10 Å². The quantitative estimate of drug-likeness (QED) is 0.897. The van der Waals surface area contributed by atoms with Gasteiger partial charge in [0.25, 0.3) is 0 Å². The van der Waals surface area contributed by atoms with Crippen molar-refractivity contribution in [2.24, 2.45) is 0 Å². The molecule has 0 aliphatic carbocycles. The van der Waals surface area contributed by atoms with E-state index in [0.717, 1.165) is 0 Å². The number of nitrogens with zero attached hydrogens (tertiary/aromatic N) is 1. The third-order valence-corrected chi connectivity index (χ3v) is 2.95. The molecule has 0 bridgehead atoms. The topological polar surface area (TPSA) is 68.7 Å². The SMILES string of the molecule is C[C@H](Oc1ccc(Oc2ncc(Cl)cc2Cl)cc1)C(=O)O. The predicted molar refractivity (Wildman–Crippen MR) is 78.5 cm³/mol. The fourth-order valence-electron chi connectivity index (χ4n) is 1.43. The number of halogens is 2. The number of carboxylic acid groups (broad SMARTS) is 1. The van der Waals surface area contributed by atoms with Crippen LogP contribution in [0.4, 0.5) is 0 Å². The Morgan fingerprint density at radius 2 is 1.86 bits per heavy atom. The summed E-state index contributed by atoms with van der Waals surface area (Å²) < 4.78 is 10.7. The first-order valence-corrected chi connectivity index (χ1v) is 6.69. The Morgan fingerprint density at radius 1 is 1.24 bits per heavy atom. The number of aromatic nitrogens is 1. The second-order valence-corrected chi connectivity index (χ2v) is 4.96. The molecule has 1 heterocycles. The van der Waals surface area contributed by atoms with Gasteiger partial charge in [-0.2, -0.15) is 0 Å². The molecule has 7 heteroatoms. The molecule has 0 spiro atoms. The van der Waals surface area contributed by atoms with Crippen LogP contribution in [0.25, 0.3) is 0 Å². The van der Waals surface area contributed by atoms with Gasteiger partial charge in [-0.05, 0) is 37.3 Å². The second kappa shape index (κ2) is 6.65. The Morgan fingerprint density at radius 3 is 2.43 bits per heavy atom. The van der Waals surface area contributed by atoms with Crippen LogP contribution in [0.5, 0.6) is 17.4 Å². The minimum atomic E-state index is -1.03. The lowest BCUT2D eigenvalue weighted by atomic mass is 10.3. The van der Waals surface area contributed by atoms with E-state index in [1.54, 1.807) is 24.3 Å². The highest BCUT2D eigenvalue weighted by atomic mass is 35.5. The van der Waals surface area contributed by atoms with Crippen LogP contribution < -0.4 is 9.47 Å². The van der Waals surface area contributed by atoms with Crippen LogP contribution in [-0.2, 0) is 4.79 Å². The lowest BCUT2D eigenvalue weighted by Crippen LogP contribution is -2.22. The molecule has 0 saturated carbocycles. The van der Waals surface area contributed by atoms with E-state index in [9.17, 15) is 4.79 Å². The maximum absolute atomic E-state index is 10.7. The van der Waals surface area contributed by atoms with Crippen molar-refractivity contribution in [3.05, 3.63) is 46.6 Å². The fraction of sp³-hybridized carbons (Fsp3) is 0.143. The molecular formula is C14H11Cl2NO4. The molecule has 0 radical (unpaired) electrons. The number of aliphatic carboxylic acids is 1. The largest absolute Gasteiger partial charge is 0.479 e. The molecule has 1 aromatic carbocycles. The van der Waals surface area contributed by atoms with E-state index in [-0.39, 0.29) is 5.88 Å². The average Bonchev–Trinajstić information content (AvgIpc) is 2.43. The molecule has 1 aromatic heterocycles. The van der Waals surface area contributed by atoms with Gasteiger partial charge in [-0.1, -0.05) is 23.2 Å². The summed E-state index contributed by atoms with van der Waals surface area (Å²) in [5, 5.41) is 9.47. The van der Waals surface area contributed by atoms with Crippen molar-refractivity contribution in [1.29, 1.82) is 0 Å². The van der Waals surface area contributed by atoms with E-state index in [2.05, 4.69) is 4.98 Å². The number of carboxylic acids is 1. The van der Waals surface area contributed by atoms with Crippen LogP contribution in [0.3, 0.4) is 0 Å². The molecule has 21 heavy (non-hydrogen) atoms. The standard InChI is InChI=1S/C14H11Cl2NO4/c1-8(14(18)19)20-10-2-4-11(5-3-10)21-13-12(16)6-9(15)7-17-13/h2-8H,1H3,(H,18,19)/t8-/m0/s1. The summed E-state index contributed by atoms with van der Waals surface area (Å²) in [6.07, 6.45) is 0.499. The van der Waals surface area contributed by atoms with Crippen molar-refractivity contribution < 1.29 is 19.4 Å². The van der Waals surface area contributed by atoms with Crippen LogP contribution in [0.15, 0.2) is 36.5 Å². The minimum absolute atomic E-state index is 0.230. The Balaban J connectivity index is 2.07. The lowest BCUT2D eigenvalue weighted by molar-refractivity contribution is -0.144. The summed E-state index contributed by atoms with van der Waals surface area (Å²) in [4.78, 5) is 14.7. The summed E-state index contributed by atoms with van der Waals surface area (Å²) in [5.41, 5.74) is 0. The van der Waals surface area contributed by atoms with Gasteiger partial charge < -0.3 is 14.6 Å². The smallest absolute Gasteiger partial charge is 0.344 e. The Kier molecular flexibility index (Phi) is 4.88.